The maximum absolute atomic E-state index is 11.8. The average Bonchev–Trinajstić information content (AvgIpc) is 2.88. The van der Waals surface area contributed by atoms with Crippen molar-refractivity contribution in [2.24, 2.45) is 0 Å². The lowest BCUT2D eigenvalue weighted by atomic mass is 10.2. The van der Waals surface area contributed by atoms with E-state index in [4.69, 9.17) is 15.2 Å². The molecule has 0 unspecified atom stereocenters. The third-order valence-corrected chi connectivity index (χ3v) is 3.97. The third-order valence-electron chi connectivity index (χ3n) is 2.99. The standard InChI is InChI=1S/C14H17N3O3S/c1-17(8-9-5-4-6-10(7-9)19-2)13-11(14(18)20-3)12(15)16-21-13/h4-7H,8H2,1-3H3,(H2,15,16). The Morgan fingerprint density at radius 2 is 2.19 bits per heavy atom. The molecule has 1 aromatic carbocycles. The number of rotatable bonds is 5. The van der Waals surface area contributed by atoms with Crippen LogP contribution in [0.25, 0.3) is 0 Å². The summed E-state index contributed by atoms with van der Waals surface area (Å²) in [4.78, 5) is 13.7. The number of carbonyl (C=O) groups excluding carboxylic acids is 1. The molecule has 7 heteroatoms. The number of ether oxygens (including phenoxy) is 2. The Kier molecular flexibility index (Phi) is 4.64. The van der Waals surface area contributed by atoms with Gasteiger partial charge in [-0.25, -0.2) is 4.79 Å². The largest absolute Gasteiger partial charge is 0.497 e. The van der Waals surface area contributed by atoms with Gasteiger partial charge in [-0.15, -0.1) is 0 Å². The zero-order valence-corrected chi connectivity index (χ0v) is 12.9. The molecule has 6 nitrogen and oxygen atoms in total. The van der Waals surface area contributed by atoms with Gasteiger partial charge >= 0.3 is 5.97 Å². The molecule has 2 aromatic rings. The molecule has 1 aromatic heterocycles. The van der Waals surface area contributed by atoms with Crippen LogP contribution in [0.1, 0.15) is 15.9 Å². The van der Waals surface area contributed by atoms with Crippen molar-refractivity contribution < 1.29 is 14.3 Å². The maximum atomic E-state index is 11.8. The van der Waals surface area contributed by atoms with E-state index in [1.165, 1.54) is 18.6 Å². The first kappa shape index (κ1) is 15.1. The highest BCUT2D eigenvalue weighted by atomic mass is 32.1. The monoisotopic (exact) mass is 307 g/mol. The summed E-state index contributed by atoms with van der Waals surface area (Å²) in [5.74, 6) is 0.506. The molecule has 0 aliphatic heterocycles. The van der Waals surface area contributed by atoms with E-state index in [1.54, 1.807) is 7.11 Å². The predicted molar refractivity (Wildman–Crippen MR) is 83.0 cm³/mol. The van der Waals surface area contributed by atoms with Crippen molar-refractivity contribution in [2.75, 3.05) is 31.9 Å². The number of hydrogen-bond donors (Lipinski definition) is 1. The fourth-order valence-corrected chi connectivity index (χ4v) is 2.72. The highest BCUT2D eigenvalue weighted by molar-refractivity contribution is 7.11. The summed E-state index contributed by atoms with van der Waals surface area (Å²) in [7, 11) is 4.83. The van der Waals surface area contributed by atoms with Crippen molar-refractivity contribution >= 4 is 28.3 Å². The Morgan fingerprint density at radius 1 is 1.43 bits per heavy atom. The molecule has 112 valence electrons. The first-order valence-corrected chi connectivity index (χ1v) is 7.01. The Bertz CT molecular complexity index is 642. The van der Waals surface area contributed by atoms with Gasteiger partial charge in [-0.05, 0) is 29.2 Å². The number of nitrogens with two attached hydrogens (primary N) is 1. The van der Waals surface area contributed by atoms with Crippen molar-refractivity contribution in [3.05, 3.63) is 35.4 Å². The fraction of sp³-hybridized carbons (Fsp3) is 0.286. The Hall–Kier alpha value is -2.28. The van der Waals surface area contributed by atoms with E-state index in [9.17, 15) is 4.79 Å². The minimum absolute atomic E-state index is 0.194. The topological polar surface area (TPSA) is 77.7 Å². The lowest BCUT2D eigenvalue weighted by Crippen LogP contribution is -2.18. The normalized spacial score (nSPS) is 10.2. The highest BCUT2D eigenvalue weighted by Gasteiger charge is 2.22. The molecule has 0 amide bonds. The molecule has 0 atom stereocenters. The van der Waals surface area contributed by atoms with Crippen molar-refractivity contribution in [2.45, 2.75) is 6.54 Å². The van der Waals surface area contributed by atoms with E-state index in [1.807, 2.05) is 36.2 Å². The number of carbonyl (C=O) groups is 1. The molecule has 2 N–H and O–H groups in total. The Morgan fingerprint density at radius 3 is 2.86 bits per heavy atom. The summed E-state index contributed by atoms with van der Waals surface area (Å²) in [5, 5.41) is 0.683. The van der Waals surface area contributed by atoms with Crippen LogP contribution in [-0.4, -0.2) is 31.6 Å². The number of aromatic nitrogens is 1. The van der Waals surface area contributed by atoms with Gasteiger partial charge in [-0.3, -0.25) is 0 Å². The van der Waals surface area contributed by atoms with Crippen LogP contribution < -0.4 is 15.4 Å². The molecule has 0 aliphatic rings. The van der Waals surface area contributed by atoms with E-state index in [0.29, 0.717) is 17.1 Å². The van der Waals surface area contributed by atoms with E-state index < -0.39 is 5.97 Å². The van der Waals surface area contributed by atoms with E-state index >= 15 is 0 Å². The first-order chi connectivity index (χ1) is 10.1. The van der Waals surface area contributed by atoms with Gasteiger partial charge in [-0.2, -0.15) is 4.37 Å². The molecule has 1 heterocycles. The van der Waals surface area contributed by atoms with Gasteiger partial charge in [-0.1, -0.05) is 12.1 Å². The molecule has 2 rings (SSSR count). The predicted octanol–water partition coefficient (Wildman–Crippen LogP) is 2.16. The first-order valence-electron chi connectivity index (χ1n) is 6.24. The zero-order chi connectivity index (χ0) is 15.4. The van der Waals surface area contributed by atoms with Crippen molar-refractivity contribution in [1.29, 1.82) is 0 Å². The molecular formula is C14H17N3O3S. The number of hydrogen-bond acceptors (Lipinski definition) is 7. The number of anilines is 2. The van der Waals surface area contributed by atoms with Crippen LogP contribution in [0.5, 0.6) is 5.75 Å². The van der Waals surface area contributed by atoms with Crippen LogP contribution in [0, 0.1) is 0 Å². The molecule has 0 saturated heterocycles. The van der Waals surface area contributed by atoms with Gasteiger partial charge in [0.1, 0.15) is 16.3 Å². The number of benzene rings is 1. The lowest BCUT2D eigenvalue weighted by Gasteiger charge is -2.18. The van der Waals surface area contributed by atoms with E-state index in [0.717, 1.165) is 11.3 Å². The van der Waals surface area contributed by atoms with Crippen LogP contribution in [0.2, 0.25) is 0 Å². The number of nitrogen functional groups attached to an aromatic ring is 1. The summed E-state index contributed by atoms with van der Waals surface area (Å²) < 4.78 is 14.0. The molecule has 0 aliphatic carbocycles. The van der Waals surface area contributed by atoms with Crippen LogP contribution in [0.3, 0.4) is 0 Å². The second-order valence-electron chi connectivity index (χ2n) is 4.45. The molecule has 0 spiro atoms. The fourth-order valence-electron chi connectivity index (χ4n) is 1.96. The van der Waals surface area contributed by atoms with Crippen LogP contribution in [0.4, 0.5) is 10.8 Å². The van der Waals surface area contributed by atoms with Crippen LogP contribution in [-0.2, 0) is 11.3 Å². The van der Waals surface area contributed by atoms with Crippen LogP contribution in [0.15, 0.2) is 24.3 Å². The highest BCUT2D eigenvalue weighted by Crippen LogP contribution is 2.31. The maximum Gasteiger partial charge on any atom is 0.344 e. The lowest BCUT2D eigenvalue weighted by molar-refractivity contribution is 0.0603. The molecular weight excluding hydrogens is 290 g/mol. The van der Waals surface area contributed by atoms with Gasteiger partial charge in [0.25, 0.3) is 0 Å². The second kappa shape index (κ2) is 6.45. The second-order valence-corrected chi connectivity index (χ2v) is 5.20. The van der Waals surface area contributed by atoms with E-state index in [-0.39, 0.29) is 5.82 Å². The van der Waals surface area contributed by atoms with Gasteiger partial charge in [0.2, 0.25) is 0 Å². The van der Waals surface area contributed by atoms with Gasteiger partial charge in [0.15, 0.2) is 5.82 Å². The zero-order valence-electron chi connectivity index (χ0n) is 12.1. The van der Waals surface area contributed by atoms with Gasteiger partial charge in [0.05, 0.1) is 14.2 Å². The van der Waals surface area contributed by atoms with Crippen molar-refractivity contribution in [3.63, 3.8) is 0 Å². The minimum atomic E-state index is -0.478. The number of nitrogens with zero attached hydrogens (tertiary/aromatic N) is 2. The van der Waals surface area contributed by atoms with Crippen molar-refractivity contribution in [1.82, 2.24) is 4.37 Å². The summed E-state index contributed by atoms with van der Waals surface area (Å²) >= 11 is 1.18. The third kappa shape index (κ3) is 3.25. The molecule has 0 fully saturated rings. The van der Waals surface area contributed by atoms with Gasteiger partial charge < -0.3 is 20.1 Å². The summed E-state index contributed by atoms with van der Waals surface area (Å²) in [6.07, 6.45) is 0. The average molecular weight is 307 g/mol. The summed E-state index contributed by atoms with van der Waals surface area (Å²) in [6.45, 7) is 0.600. The minimum Gasteiger partial charge on any atom is -0.497 e. The quantitative estimate of drug-likeness (QED) is 0.853. The Labute approximate surface area is 127 Å². The Balaban J connectivity index is 2.24. The number of esters is 1. The summed E-state index contributed by atoms with van der Waals surface area (Å²) in [6, 6.07) is 7.73. The number of methoxy groups -OCH3 is 2. The molecule has 0 bridgehead atoms. The summed E-state index contributed by atoms with van der Waals surface area (Å²) in [5.41, 5.74) is 7.11. The van der Waals surface area contributed by atoms with Crippen molar-refractivity contribution in [3.8, 4) is 5.75 Å². The van der Waals surface area contributed by atoms with Crippen LogP contribution >= 0.6 is 11.5 Å². The van der Waals surface area contributed by atoms with Gasteiger partial charge in [0, 0.05) is 13.6 Å². The molecule has 0 radical (unpaired) electrons. The van der Waals surface area contributed by atoms with E-state index in [2.05, 4.69) is 4.37 Å². The molecule has 21 heavy (non-hydrogen) atoms. The SMILES string of the molecule is COC(=O)c1c(N)nsc1N(C)Cc1cccc(OC)c1. The molecule has 0 saturated carbocycles. The smallest absolute Gasteiger partial charge is 0.344 e.